The highest BCUT2D eigenvalue weighted by molar-refractivity contribution is 5.85. The standard InChI is InChI=1S/C19H22O6/c1-11-8-17(21)24-15-10-14(25-18(22)19(2,3)4)12(9-13(11)15)6-7-16(20)23-5/h8-10H,6-7H2,1-5H3. The molecule has 0 bridgehead atoms. The van der Waals surface area contributed by atoms with E-state index >= 15 is 0 Å². The number of carbonyl (C=O) groups is 2. The predicted molar refractivity (Wildman–Crippen MR) is 92.6 cm³/mol. The van der Waals surface area contributed by atoms with Gasteiger partial charge in [-0.3, -0.25) is 9.59 Å². The molecule has 1 aromatic heterocycles. The second kappa shape index (κ2) is 7.09. The van der Waals surface area contributed by atoms with Gasteiger partial charge in [0.15, 0.2) is 0 Å². The Morgan fingerprint density at radius 2 is 1.84 bits per heavy atom. The molecular formula is C19H22O6. The van der Waals surface area contributed by atoms with Crippen LogP contribution in [0.4, 0.5) is 0 Å². The topological polar surface area (TPSA) is 82.8 Å². The first-order valence-electron chi connectivity index (χ1n) is 7.98. The molecule has 134 valence electrons. The van der Waals surface area contributed by atoms with E-state index < -0.39 is 17.0 Å². The number of hydrogen-bond acceptors (Lipinski definition) is 6. The lowest BCUT2D eigenvalue weighted by Gasteiger charge is -2.18. The van der Waals surface area contributed by atoms with E-state index in [1.54, 1.807) is 33.8 Å². The quantitative estimate of drug-likeness (QED) is 0.480. The molecule has 0 N–H and O–H groups in total. The van der Waals surface area contributed by atoms with Gasteiger partial charge in [0.25, 0.3) is 0 Å². The van der Waals surface area contributed by atoms with Gasteiger partial charge in [-0.25, -0.2) is 4.79 Å². The minimum atomic E-state index is -0.692. The van der Waals surface area contributed by atoms with Gasteiger partial charge in [0.1, 0.15) is 11.3 Å². The Bertz CT molecular complexity index is 870. The van der Waals surface area contributed by atoms with Crippen LogP contribution in [0.3, 0.4) is 0 Å². The zero-order valence-corrected chi connectivity index (χ0v) is 15.1. The third-order valence-electron chi connectivity index (χ3n) is 3.77. The molecule has 0 saturated heterocycles. The Labute approximate surface area is 145 Å². The van der Waals surface area contributed by atoms with Gasteiger partial charge >= 0.3 is 17.6 Å². The summed E-state index contributed by atoms with van der Waals surface area (Å²) in [5.74, 6) is -0.490. The first-order chi connectivity index (χ1) is 11.6. The summed E-state index contributed by atoms with van der Waals surface area (Å²) >= 11 is 0. The van der Waals surface area contributed by atoms with Gasteiger partial charge in [0.2, 0.25) is 0 Å². The number of carbonyl (C=O) groups excluding carboxylic acids is 2. The minimum Gasteiger partial charge on any atom is -0.469 e. The van der Waals surface area contributed by atoms with Gasteiger partial charge in [0, 0.05) is 23.9 Å². The minimum absolute atomic E-state index is 0.151. The first-order valence-corrected chi connectivity index (χ1v) is 7.98. The van der Waals surface area contributed by atoms with E-state index in [0.29, 0.717) is 17.6 Å². The Morgan fingerprint density at radius 1 is 1.16 bits per heavy atom. The summed E-state index contributed by atoms with van der Waals surface area (Å²) in [7, 11) is 1.32. The van der Waals surface area contributed by atoms with Crippen molar-refractivity contribution in [1.29, 1.82) is 0 Å². The summed E-state index contributed by atoms with van der Waals surface area (Å²) in [5.41, 5.74) is 0.595. The van der Waals surface area contributed by atoms with Crippen LogP contribution in [0.15, 0.2) is 27.4 Å². The number of rotatable bonds is 4. The van der Waals surface area contributed by atoms with Crippen LogP contribution >= 0.6 is 0 Å². The van der Waals surface area contributed by atoms with Crippen LogP contribution in [0.5, 0.6) is 5.75 Å². The van der Waals surface area contributed by atoms with Crippen molar-refractivity contribution >= 4 is 22.9 Å². The lowest BCUT2D eigenvalue weighted by Crippen LogP contribution is -2.26. The maximum Gasteiger partial charge on any atom is 0.336 e. The number of fused-ring (bicyclic) bond motifs is 1. The van der Waals surface area contributed by atoms with Crippen LogP contribution in [0.2, 0.25) is 0 Å². The second-order valence-corrected chi connectivity index (χ2v) is 6.92. The summed E-state index contributed by atoms with van der Waals surface area (Å²) in [6.07, 6.45) is 0.492. The molecule has 6 nitrogen and oxygen atoms in total. The number of methoxy groups -OCH3 is 1. The molecule has 0 aliphatic rings. The summed E-state index contributed by atoms with van der Waals surface area (Å²) < 4.78 is 15.4. The van der Waals surface area contributed by atoms with Crippen LogP contribution in [0, 0.1) is 12.3 Å². The molecule has 0 unspecified atom stereocenters. The van der Waals surface area contributed by atoms with E-state index in [2.05, 4.69) is 4.74 Å². The molecule has 0 aliphatic heterocycles. The van der Waals surface area contributed by atoms with Crippen molar-refractivity contribution in [3.05, 3.63) is 39.7 Å². The third kappa shape index (κ3) is 4.47. The van der Waals surface area contributed by atoms with Crippen molar-refractivity contribution < 1.29 is 23.5 Å². The van der Waals surface area contributed by atoms with E-state index in [1.165, 1.54) is 19.2 Å². The molecule has 0 aliphatic carbocycles. The molecule has 6 heteroatoms. The van der Waals surface area contributed by atoms with Crippen LogP contribution in [0.1, 0.15) is 38.3 Å². The van der Waals surface area contributed by atoms with Gasteiger partial charge in [-0.15, -0.1) is 0 Å². The van der Waals surface area contributed by atoms with Crippen LogP contribution < -0.4 is 10.4 Å². The van der Waals surface area contributed by atoms with Crippen molar-refractivity contribution in [2.24, 2.45) is 5.41 Å². The number of ether oxygens (including phenoxy) is 2. The lowest BCUT2D eigenvalue weighted by atomic mass is 9.97. The smallest absolute Gasteiger partial charge is 0.336 e. The van der Waals surface area contributed by atoms with E-state index in [4.69, 9.17) is 9.15 Å². The number of benzene rings is 1. The largest absolute Gasteiger partial charge is 0.469 e. The van der Waals surface area contributed by atoms with Crippen molar-refractivity contribution in [2.45, 2.75) is 40.5 Å². The average Bonchev–Trinajstić information content (AvgIpc) is 2.51. The maximum absolute atomic E-state index is 12.2. The highest BCUT2D eigenvalue weighted by Crippen LogP contribution is 2.30. The van der Waals surface area contributed by atoms with Gasteiger partial charge < -0.3 is 13.9 Å². The molecule has 0 spiro atoms. The molecule has 1 heterocycles. The average molecular weight is 346 g/mol. The molecule has 2 rings (SSSR count). The van der Waals surface area contributed by atoms with Gasteiger partial charge in [0.05, 0.1) is 12.5 Å². The number of esters is 2. The molecule has 1 aromatic carbocycles. The fourth-order valence-corrected chi connectivity index (χ4v) is 2.27. The lowest BCUT2D eigenvalue weighted by molar-refractivity contribution is -0.143. The maximum atomic E-state index is 12.2. The Balaban J connectivity index is 2.52. The van der Waals surface area contributed by atoms with E-state index in [9.17, 15) is 14.4 Å². The normalized spacial score (nSPS) is 11.4. The van der Waals surface area contributed by atoms with Gasteiger partial charge in [-0.05, 0) is 51.3 Å². The van der Waals surface area contributed by atoms with Gasteiger partial charge in [-0.1, -0.05) is 0 Å². The molecular weight excluding hydrogens is 324 g/mol. The van der Waals surface area contributed by atoms with Crippen molar-refractivity contribution in [3.63, 3.8) is 0 Å². The molecule has 0 saturated carbocycles. The zero-order valence-electron chi connectivity index (χ0n) is 15.1. The second-order valence-electron chi connectivity index (χ2n) is 6.92. The summed E-state index contributed by atoms with van der Waals surface area (Å²) in [4.78, 5) is 35.3. The fraction of sp³-hybridized carbons (Fsp3) is 0.421. The first kappa shape index (κ1) is 18.7. The Kier molecular flexibility index (Phi) is 5.30. The van der Waals surface area contributed by atoms with Crippen LogP contribution in [0.25, 0.3) is 11.0 Å². The summed E-state index contributed by atoms with van der Waals surface area (Å²) in [6.45, 7) is 7.03. The molecule has 0 amide bonds. The number of aryl methyl sites for hydroxylation is 2. The van der Waals surface area contributed by atoms with Crippen molar-refractivity contribution in [3.8, 4) is 5.75 Å². The van der Waals surface area contributed by atoms with E-state index in [0.717, 1.165) is 10.9 Å². The molecule has 0 atom stereocenters. The Morgan fingerprint density at radius 3 is 2.44 bits per heavy atom. The number of hydrogen-bond donors (Lipinski definition) is 0. The molecule has 25 heavy (non-hydrogen) atoms. The summed E-state index contributed by atoms with van der Waals surface area (Å²) in [5, 5.41) is 0.732. The van der Waals surface area contributed by atoms with Gasteiger partial charge in [-0.2, -0.15) is 0 Å². The van der Waals surface area contributed by atoms with Crippen LogP contribution in [-0.4, -0.2) is 19.0 Å². The van der Waals surface area contributed by atoms with E-state index in [-0.39, 0.29) is 18.1 Å². The Hall–Kier alpha value is -2.63. The van der Waals surface area contributed by atoms with Crippen molar-refractivity contribution in [2.75, 3.05) is 7.11 Å². The SMILES string of the molecule is COC(=O)CCc1cc2c(C)cc(=O)oc2cc1OC(=O)C(C)(C)C. The van der Waals surface area contributed by atoms with Crippen molar-refractivity contribution in [1.82, 2.24) is 0 Å². The highest BCUT2D eigenvalue weighted by Gasteiger charge is 2.25. The monoisotopic (exact) mass is 346 g/mol. The highest BCUT2D eigenvalue weighted by atomic mass is 16.5. The predicted octanol–water partition coefficient (Wildman–Crippen LogP) is 3.16. The van der Waals surface area contributed by atoms with Crippen LogP contribution in [-0.2, 0) is 20.7 Å². The van der Waals surface area contributed by atoms with E-state index in [1.807, 2.05) is 0 Å². The molecule has 0 radical (unpaired) electrons. The molecule has 0 fully saturated rings. The zero-order chi connectivity index (χ0) is 18.8. The molecule has 2 aromatic rings. The third-order valence-corrected chi connectivity index (χ3v) is 3.77. The fourth-order valence-electron chi connectivity index (χ4n) is 2.27. The summed E-state index contributed by atoms with van der Waals surface area (Å²) in [6, 6.07) is 4.70.